The lowest BCUT2D eigenvalue weighted by Crippen LogP contribution is -2.20. The third-order valence-corrected chi connectivity index (χ3v) is 5.16. The molecule has 0 bridgehead atoms. The molecule has 0 atom stereocenters. The fourth-order valence-electron chi connectivity index (χ4n) is 3.24. The second-order valence-electron chi connectivity index (χ2n) is 6.21. The molecular weight excluding hydrogens is 383 g/mol. The molecule has 0 saturated carbocycles. The van der Waals surface area contributed by atoms with Gasteiger partial charge in [-0.1, -0.05) is 47.5 Å². The summed E-state index contributed by atoms with van der Waals surface area (Å²) in [5, 5.41) is 9.48. The van der Waals surface area contributed by atoms with Crippen molar-refractivity contribution >= 4 is 35.3 Å². The lowest BCUT2D eigenvalue weighted by atomic mass is 10.2. The number of benzene rings is 2. The number of carbonyl (C=O) groups is 1. The molecule has 1 N–H and O–H groups in total. The van der Waals surface area contributed by atoms with Crippen molar-refractivity contribution in [2.75, 3.05) is 0 Å². The summed E-state index contributed by atoms with van der Waals surface area (Å²) < 4.78 is 1.85. The van der Waals surface area contributed by atoms with Gasteiger partial charge < -0.3 is 0 Å². The van der Waals surface area contributed by atoms with Gasteiger partial charge in [-0.25, -0.2) is 10.1 Å². The summed E-state index contributed by atoms with van der Waals surface area (Å²) in [5.74, 6) is -0.345. The van der Waals surface area contributed by atoms with E-state index in [1.54, 1.807) is 18.2 Å². The third kappa shape index (κ3) is 3.48. The number of halogens is 2. The first-order valence-electron chi connectivity index (χ1n) is 8.59. The first kappa shape index (κ1) is 17.8. The molecule has 1 aromatic heterocycles. The van der Waals surface area contributed by atoms with Gasteiger partial charge in [0, 0.05) is 16.8 Å². The quantitative estimate of drug-likeness (QED) is 0.521. The average molecular weight is 399 g/mol. The van der Waals surface area contributed by atoms with E-state index < -0.39 is 0 Å². The summed E-state index contributed by atoms with van der Waals surface area (Å²) in [6.45, 7) is 0. The average Bonchev–Trinajstić information content (AvgIpc) is 3.27. The number of amides is 1. The smallest absolute Gasteiger partial charge is 0.265 e. The Bertz CT molecular complexity index is 1010. The van der Waals surface area contributed by atoms with Gasteiger partial charge in [0.2, 0.25) is 0 Å². The van der Waals surface area contributed by atoms with Crippen LogP contribution >= 0.6 is 23.2 Å². The Hall–Kier alpha value is -2.63. The van der Waals surface area contributed by atoms with Crippen LogP contribution in [0.2, 0.25) is 10.0 Å². The van der Waals surface area contributed by atoms with Crippen LogP contribution in [0.1, 0.15) is 33.7 Å². The maximum absolute atomic E-state index is 12.6. The molecule has 27 heavy (non-hydrogen) atoms. The van der Waals surface area contributed by atoms with Gasteiger partial charge in [0.15, 0.2) is 5.69 Å². The van der Waals surface area contributed by atoms with E-state index in [0.717, 1.165) is 36.2 Å². The zero-order chi connectivity index (χ0) is 18.8. The minimum absolute atomic E-state index is 0.345. The van der Waals surface area contributed by atoms with Gasteiger partial charge in [-0.05, 0) is 43.5 Å². The van der Waals surface area contributed by atoms with E-state index in [2.05, 4.69) is 15.6 Å². The minimum Gasteiger partial charge on any atom is -0.265 e. The molecule has 7 heteroatoms. The topological polar surface area (TPSA) is 59.3 Å². The Labute approximate surface area is 166 Å². The number of para-hydroxylation sites is 1. The molecule has 136 valence electrons. The molecule has 3 aromatic rings. The number of carbonyl (C=O) groups excluding carboxylic acids is 1. The molecule has 0 spiro atoms. The second-order valence-corrected chi connectivity index (χ2v) is 7.02. The van der Waals surface area contributed by atoms with E-state index in [0.29, 0.717) is 21.3 Å². The number of hydrazone groups is 1. The van der Waals surface area contributed by atoms with Gasteiger partial charge in [0.05, 0.1) is 21.9 Å². The van der Waals surface area contributed by atoms with Crippen molar-refractivity contribution in [2.45, 2.75) is 19.3 Å². The molecule has 1 aliphatic carbocycles. The van der Waals surface area contributed by atoms with Crippen LogP contribution in [0.25, 0.3) is 5.69 Å². The largest absolute Gasteiger partial charge is 0.292 e. The monoisotopic (exact) mass is 398 g/mol. The lowest BCUT2D eigenvalue weighted by Gasteiger charge is -2.04. The molecule has 0 aliphatic heterocycles. The van der Waals surface area contributed by atoms with Crippen molar-refractivity contribution in [3.8, 4) is 5.69 Å². The molecule has 5 nitrogen and oxygen atoms in total. The number of fused-ring (bicyclic) bond motifs is 1. The lowest BCUT2D eigenvalue weighted by molar-refractivity contribution is 0.0949. The van der Waals surface area contributed by atoms with Crippen molar-refractivity contribution in [2.24, 2.45) is 5.10 Å². The van der Waals surface area contributed by atoms with Crippen LogP contribution in [0.5, 0.6) is 0 Å². The molecule has 1 heterocycles. The highest BCUT2D eigenvalue weighted by Gasteiger charge is 2.26. The number of rotatable bonds is 4. The minimum atomic E-state index is -0.345. The zero-order valence-corrected chi connectivity index (χ0v) is 15.8. The van der Waals surface area contributed by atoms with Crippen LogP contribution in [0.3, 0.4) is 0 Å². The molecule has 2 aromatic carbocycles. The van der Waals surface area contributed by atoms with Crippen LogP contribution in [0.4, 0.5) is 0 Å². The maximum atomic E-state index is 12.6. The number of nitrogens with one attached hydrogen (secondary N) is 1. The van der Waals surface area contributed by atoms with Crippen molar-refractivity contribution in [1.29, 1.82) is 0 Å². The van der Waals surface area contributed by atoms with Gasteiger partial charge in [0.1, 0.15) is 0 Å². The Balaban J connectivity index is 1.59. The fraction of sp³-hybridized carbons (Fsp3) is 0.150. The molecule has 1 amide bonds. The van der Waals surface area contributed by atoms with Gasteiger partial charge >= 0.3 is 0 Å². The van der Waals surface area contributed by atoms with Crippen molar-refractivity contribution in [3.63, 3.8) is 0 Å². The SMILES string of the molecule is O=C(N/N=C/c1c(Cl)cccc1Cl)c1nn(-c2ccccc2)c2c1CCC2. The van der Waals surface area contributed by atoms with Gasteiger partial charge in [0.25, 0.3) is 5.91 Å². The molecule has 1 aliphatic rings. The number of aromatic nitrogens is 2. The van der Waals surface area contributed by atoms with Crippen molar-refractivity contribution in [3.05, 3.63) is 81.1 Å². The number of nitrogens with zero attached hydrogens (tertiary/aromatic N) is 3. The van der Waals surface area contributed by atoms with Crippen LogP contribution in [-0.2, 0) is 12.8 Å². The highest BCUT2D eigenvalue weighted by atomic mass is 35.5. The predicted molar refractivity (Wildman–Crippen MR) is 107 cm³/mol. The third-order valence-electron chi connectivity index (χ3n) is 4.51. The predicted octanol–water partition coefficient (Wildman–Crippen LogP) is 4.43. The fourth-order valence-corrected chi connectivity index (χ4v) is 3.74. The zero-order valence-electron chi connectivity index (χ0n) is 14.3. The van der Waals surface area contributed by atoms with E-state index in [4.69, 9.17) is 23.2 Å². The van der Waals surface area contributed by atoms with Crippen LogP contribution in [0.15, 0.2) is 53.6 Å². The highest BCUT2D eigenvalue weighted by Crippen LogP contribution is 2.28. The first-order valence-corrected chi connectivity index (χ1v) is 9.34. The molecule has 0 fully saturated rings. The Kier molecular flexibility index (Phi) is 4.97. The summed E-state index contributed by atoms with van der Waals surface area (Å²) in [6, 6.07) is 15.0. The Morgan fingerprint density at radius 2 is 1.81 bits per heavy atom. The van der Waals surface area contributed by atoms with Gasteiger partial charge in [-0.3, -0.25) is 4.79 Å². The summed E-state index contributed by atoms with van der Waals surface area (Å²) in [6.07, 6.45) is 4.20. The summed E-state index contributed by atoms with van der Waals surface area (Å²) in [5.41, 5.74) is 6.52. The molecular formula is C20H16Cl2N4O. The van der Waals surface area contributed by atoms with E-state index in [-0.39, 0.29) is 5.91 Å². The molecule has 4 rings (SSSR count). The summed E-state index contributed by atoms with van der Waals surface area (Å²) in [4.78, 5) is 12.6. The van der Waals surface area contributed by atoms with E-state index in [1.165, 1.54) is 6.21 Å². The molecule has 0 saturated heterocycles. The van der Waals surface area contributed by atoms with E-state index >= 15 is 0 Å². The summed E-state index contributed by atoms with van der Waals surface area (Å²) >= 11 is 12.2. The van der Waals surface area contributed by atoms with E-state index in [9.17, 15) is 4.79 Å². The van der Waals surface area contributed by atoms with Gasteiger partial charge in [-0.15, -0.1) is 0 Å². The second kappa shape index (κ2) is 7.55. The van der Waals surface area contributed by atoms with Crippen molar-refractivity contribution < 1.29 is 4.79 Å². The maximum Gasteiger partial charge on any atom is 0.292 e. The van der Waals surface area contributed by atoms with Crippen molar-refractivity contribution in [1.82, 2.24) is 15.2 Å². The first-order chi connectivity index (χ1) is 13.1. The number of hydrogen-bond acceptors (Lipinski definition) is 3. The standard InChI is InChI=1S/C20H16Cl2N4O/c21-16-9-5-10-17(22)15(16)12-23-24-20(27)19-14-8-4-11-18(14)26(25-19)13-6-2-1-3-7-13/h1-3,5-7,9-10,12H,4,8,11H2,(H,24,27)/b23-12+. The van der Waals surface area contributed by atoms with E-state index in [1.807, 2.05) is 35.0 Å². The normalized spacial score (nSPS) is 13.1. The molecule has 0 radical (unpaired) electrons. The highest BCUT2D eigenvalue weighted by molar-refractivity contribution is 6.38. The van der Waals surface area contributed by atoms with Crippen LogP contribution < -0.4 is 5.43 Å². The Morgan fingerprint density at radius 3 is 2.56 bits per heavy atom. The Morgan fingerprint density at radius 1 is 1.07 bits per heavy atom. The van der Waals surface area contributed by atoms with Crippen LogP contribution in [-0.4, -0.2) is 21.9 Å². The molecule has 0 unspecified atom stereocenters. The summed E-state index contributed by atoms with van der Waals surface area (Å²) in [7, 11) is 0. The van der Waals surface area contributed by atoms with Crippen LogP contribution in [0, 0.1) is 0 Å². The number of hydrogen-bond donors (Lipinski definition) is 1. The van der Waals surface area contributed by atoms with Gasteiger partial charge in [-0.2, -0.15) is 10.2 Å².